The number of halogens is 1. The monoisotopic (exact) mass is 298 g/mol. The van der Waals surface area contributed by atoms with Crippen LogP contribution in [0.25, 0.3) is 0 Å². The van der Waals surface area contributed by atoms with Gasteiger partial charge in [0.15, 0.2) is 0 Å². The number of carbonyl (C=O) groups is 1. The Morgan fingerprint density at radius 2 is 2.29 bits per heavy atom. The van der Waals surface area contributed by atoms with Crippen molar-refractivity contribution >= 4 is 33.3 Å². The smallest absolute Gasteiger partial charge is 0.340 e. The summed E-state index contributed by atoms with van der Waals surface area (Å²) < 4.78 is 5.66. The summed E-state index contributed by atoms with van der Waals surface area (Å²) in [5, 5.41) is 0. The normalized spacial score (nSPS) is 14.4. The third-order valence-electron chi connectivity index (χ3n) is 3.10. The number of esters is 1. The van der Waals surface area contributed by atoms with Crippen molar-refractivity contribution in [3.8, 4) is 0 Å². The number of methoxy groups -OCH3 is 1. The molecule has 1 aliphatic heterocycles. The van der Waals surface area contributed by atoms with Gasteiger partial charge in [-0.2, -0.15) is 0 Å². The van der Waals surface area contributed by atoms with Crippen LogP contribution in [0.1, 0.15) is 22.3 Å². The summed E-state index contributed by atoms with van der Waals surface area (Å²) in [5.41, 5.74) is 9.13. The maximum absolute atomic E-state index is 11.6. The predicted molar refractivity (Wildman–Crippen MR) is 71.5 cm³/mol. The SMILES string of the molecule is COC(=O)c1cc(Br)c2c(c1N)N(C)CCC2. The van der Waals surface area contributed by atoms with Gasteiger partial charge in [0.05, 0.1) is 24.0 Å². The molecule has 17 heavy (non-hydrogen) atoms. The van der Waals surface area contributed by atoms with Crippen molar-refractivity contribution in [1.29, 1.82) is 0 Å². The molecule has 0 saturated heterocycles. The first-order chi connectivity index (χ1) is 8.06. The fourth-order valence-corrected chi connectivity index (χ4v) is 2.87. The first-order valence-electron chi connectivity index (χ1n) is 5.46. The van der Waals surface area contributed by atoms with Crippen molar-refractivity contribution in [2.45, 2.75) is 12.8 Å². The molecule has 5 heteroatoms. The van der Waals surface area contributed by atoms with Gasteiger partial charge in [0.25, 0.3) is 0 Å². The van der Waals surface area contributed by atoms with E-state index in [0.29, 0.717) is 11.3 Å². The van der Waals surface area contributed by atoms with Crippen LogP contribution in [0, 0.1) is 0 Å². The van der Waals surface area contributed by atoms with E-state index >= 15 is 0 Å². The molecule has 0 unspecified atom stereocenters. The van der Waals surface area contributed by atoms with Gasteiger partial charge in [0.1, 0.15) is 0 Å². The molecular weight excluding hydrogens is 284 g/mol. The fraction of sp³-hybridized carbons (Fsp3) is 0.417. The summed E-state index contributed by atoms with van der Waals surface area (Å²) in [6.07, 6.45) is 2.07. The summed E-state index contributed by atoms with van der Waals surface area (Å²) in [6.45, 7) is 0.953. The van der Waals surface area contributed by atoms with Crippen molar-refractivity contribution < 1.29 is 9.53 Å². The zero-order valence-electron chi connectivity index (χ0n) is 9.92. The lowest BCUT2D eigenvalue weighted by atomic mass is 9.98. The molecule has 92 valence electrons. The Hall–Kier alpha value is -1.23. The van der Waals surface area contributed by atoms with E-state index in [1.54, 1.807) is 6.07 Å². The van der Waals surface area contributed by atoms with Gasteiger partial charge in [0.2, 0.25) is 0 Å². The number of nitrogens with zero attached hydrogens (tertiary/aromatic N) is 1. The number of nitrogens with two attached hydrogens (primary N) is 1. The van der Waals surface area contributed by atoms with E-state index in [9.17, 15) is 4.79 Å². The van der Waals surface area contributed by atoms with Gasteiger partial charge in [-0.1, -0.05) is 15.9 Å². The zero-order chi connectivity index (χ0) is 12.6. The number of carbonyl (C=O) groups excluding carboxylic acids is 1. The Morgan fingerprint density at radius 1 is 1.59 bits per heavy atom. The van der Waals surface area contributed by atoms with E-state index in [1.165, 1.54) is 12.7 Å². The van der Waals surface area contributed by atoms with Crippen LogP contribution in [0.15, 0.2) is 10.5 Å². The number of hydrogen-bond acceptors (Lipinski definition) is 4. The van der Waals surface area contributed by atoms with Crippen molar-refractivity contribution in [2.24, 2.45) is 0 Å². The minimum Gasteiger partial charge on any atom is -0.465 e. The second-order valence-corrected chi connectivity index (χ2v) is 5.02. The summed E-state index contributed by atoms with van der Waals surface area (Å²) >= 11 is 3.50. The first-order valence-corrected chi connectivity index (χ1v) is 6.26. The van der Waals surface area contributed by atoms with Gasteiger partial charge >= 0.3 is 5.97 Å². The molecule has 2 N–H and O–H groups in total. The topological polar surface area (TPSA) is 55.6 Å². The molecule has 0 amide bonds. The van der Waals surface area contributed by atoms with E-state index in [-0.39, 0.29) is 0 Å². The number of hydrogen-bond donors (Lipinski definition) is 1. The van der Waals surface area contributed by atoms with Gasteiger partial charge in [-0.3, -0.25) is 0 Å². The van der Waals surface area contributed by atoms with Crippen molar-refractivity contribution in [3.05, 3.63) is 21.7 Å². The summed E-state index contributed by atoms with van der Waals surface area (Å²) in [4.78, 5) is 13.7. The maximum atomic E-state index is 11.6. The molecule has 1 aromatic rings. The predicted octanol–water partition coefficient (Wildman–Crippen LogP) is 2.20. The van der Waals surface area contributed by atoms with Crippen molar-refractivity contribution in [3.63, 3.8) is 0 Å². The van der Waals surface area contributed by atoms with Gasteiger partial charge in [-0.25, -0.2) is 4.79 Å². The van der Waals surface area contributed by atoms with E-state index in [0.717, 1.165) is 29.5 Å². The molecule has 0 bridgehead atoms. The summed E-state index contributed by atoms with van der Waals surface area (Å²) in [6, 6.07) is 1.75. The van der Waals surface area contributed by atoms with Crippen LogP contribution < -0.4 is 10.6 Å². The average Bonchev–Trinajstić information content (AvgIpc) is 2.32. The first kappa shape index (κ1) is 12.2. The number of ether oxygens (including phenoxy) is 1. The largest absolute Gasteiger partial charge is 0.465 e. The Bertz CT molecular complexity index is 474. The molecule has 0 aliphatic carbocycles. The van der Waals surface area contributed by atoms with E-state index in [1.807, 2.05) is 7.05 Å². The molecular formula is C12H15BrN2O2. The summed E-state index contributed by atoms with van der Waals surface area (Å²) in [5.74, 6) is -0.398. The van der Waals surface area contributed by atoms with E-state index < -0.39 is 5.97 Å². The van der Waals surface area contributed by atoms with Crippen LogP contribution >= 0.6 is 15.9 Å². The number of benzene rings is 1. The lowest BCUT2D eigenvalue weighted by molar-refractivity contribution is 0.0602. The molecule has 1 aliphatic rings. The molecule has 0 spiro atoms. The van der Waals surface area contributed by atoms with Crippen LogP contribution in [0.3, 0.4) is 0 Å². The summed E-state index contributed by atoms with van der Waals surface area (Å²) in [7, 11) is 3.35. The highest BCUT2D eigenvalue weighted by Crippen LogP contribution is 2.39. The Morgan fingerprint density at radius 3 is 2.94 bits per heavy atom. The molecule has 0 saturated carbocycles. The molecule has 0 radical (unpaired) electrons. The highest BCUT2D eigenvalue weighted by molar-refractivity contribution is 9.10. The Balaban J connectivity index is 2.64. The van der Waals surface area contributed by atoms with Crippen LogP contribution in [0.4, 0.5) is 11.4 Å². The van der Waals surface area contributed by atoms with Gasteiger partial charge in [-0.15, -0.1) is 0 Å². The van der Waals surface area contributed by atoms with Crippen molar-refractivity contribution in [1.82, 2.24) is 0 Å². The number of nitrogen functional groups attached to an aromatic ring is 1. The van der Waals surface area contributed by atoms with Gasteiger partial charge in [-0.05, 0) is 24.5 Å². The Labute approximate surface area is 109 Å². The van der Waals surface area contributed by atoms with Crippen molar-refractivity contribution in [2.75, 3.05) is 31.3 Å². The molecule has 0 fully saturated rings. The Kier molecular flexibility index (Phi) is 3.28. The number of anilines is 2. The molecule has 0 aromatic heterocycles. The second kappa shape index (κ2) is 4.56. The minimum absolute atomic E-state index is 0.398. The lowest BCUT2D eigenvalue weighted by Gasteiger charge is -2.30. The quantitative estimate of drug-likeness (QED) is 0.638. The minimum atomic E-state index is -0.398. The lowest BCUT2D eigenvalue weighted by Crippen LogP contribution is -2.27. The van der Waals surface area contributed by atoms with Gasteiger partial charge in [0, 0.05) is 18.1 Å². The molecule has 2 rings (SSSR count). The molecule has 1 aromatic carbocycles. The highest BCUT2D eigenvalue weighted by Gasteiger charge is 2.24. The second-order valence-electron chi connectivity index (χ2n) is 4.16. The average molecular weight is 299 g/mol. The van der Waals surface area contributed by atoms with Gasteiger partial charge < -0.3 is 15.4 Å². The number of rotatable bonds is 1. The van der Waals surface area contributed by atoms with Crippen LogP contribution in [0.5, 0.6) is 0 Å². The standard InChI is InChI=1S/C12H15BrN2O2/c1-15-5-3-4-7-9(13)6-8(12(16)17-2)10(14)11(7)15/h6H,3-5,14H2,1-2H3. The van der Waals surface area contributed by atoms with Crippen LogP contribution in [-0.2, 0) is 11.2 Å². The van der Waals surface area contributed by atoms with E-state index in [2.05, 4.69) is 20.8 Å². The highest BCUT2D eigenvalue weighted by atomic mass is 79.9. The van der Waals surface area contributed by atoms with Crippen LogP contribution in [0.2, 0.25) is 0 Å². The molecule has 1 heterocycles. The third-order valence-corrected chi connectivity index (χ3v) is 3.81. The number of fused-ring (bicyclic) bond motifs is 1. The van der Waals surface area contributed by atoms with E-state index in [4.69, 9.17) is 10.5 Å². The zero-order valence-corrected chi connectivity index (χ0v) is 11.5. The fourth-order valence-electron chi connectivity index (χ4n) is 2.25. The molecule has 0 atom stereocenters. The molecule has 4 nitrogen and oxygen atoms in total. The third kappa shape index (κ3) is 1.99. The van der Waals surface area contributed by atoms with Crippen LogP contribution in [-0.4, -0.2) is 26.7 Å². The maximum Gasteiger partial charge on any atom is 0.340 e.